The van der Waals surface area contributed by atoms with Crippen LogP contribution >= 0.6 is 15.9 Å². The first-order valence-electron chi connectivity index (χ1n) is 5.97. The van der Waals surface area contributed by atoms with Gasteiger partial charge in [-0.3, -0.25) is 0 Å². The van der Waals surface area contributed by atoms with Crippen LogP contribution in [-0.4, -0.2) is 19.8 Å². The summed E-state index contributed by atoms with van der Waals surface area (Å²) in [4.78, 5) is 0. The third-order valence-electron chi connectivity index (χ3n) is 2.41. The van der Waals surface area contributed by atoms with E-state index in [0.29, 0.717) is 19.8 Å². The Labute approximate surface area is 111 Å². The number of rotatable bonds is 8. The van der Waals surface area contributed by atoms with E-state index in [0.717, 1.165) is 35.2 Å². The van der Waals surface area contributed by atoms with E-state index in [1.165, 1.54) is 0 Å². The zero-order valence-electron chi connectivity index (χ0n) is 10.2. The van der Waals surface area contributed by atoms with Crippen LogP contribution in [0.1, 0.15) is 25.3 Å². The van der Waals surface area contributed by atoms with Gasteiger partial charge in [0.2, 0.25) is 0 Å². The Morgan fingerprint density at radius 3 is 2.76 bits per heavy atom. The van der Waals surface area contributed by atoms with Crippen molar-refractivity contribution in [2.45, 2.75) is 26.3 Å². The van der Waals surface area contributed by atoms with Crippen molar-refractivity contribution < 1.29 is 9.47 Å². The fraction of sp³-hybridized carbons (Fsp3) is 0.538. The molecule has 0 amide bonds. The van der Waals surface area contributed by atoms with Gasteiger partial charge in [0.1, 0.15) is 12.4 Å². The maximum absolute atomic E-state index is 5.68. The summed E-state index contributed by atoms with van der Waals surface area (Å²) < 4.78 is 12.1. The molecule has 0 spiro atoms. The van der Waals surface area contributed by atoms with Gasteiger partial charge < -0.3 is 15.2 Å². The Kier molecular flexibility index (Phi) is 7.24. The summed E-state index contributed by atoms with van der Waals surface area (Å²) in [5.41, 5.74) is 6.68. The molecule has 0 atom stereocenters. The summed E-state index contributed by atoms with van der Waals surface area (Å²) in [5, 5.41) is 0. The highest BCUT2D eigenvalue weighted by Crippen LogP contribution is 2.26. The smallest absolute Gasteiger partial charge is 0.125 e. The molecule has 0 radical (unpaired) electrons. The summed E-state index contributed by atoms with van der Waals surface area (Å²) in [6.45, 7) is 4.61. The lowest BCUT2D eigenvalue weighted by Crippen LogP contribution is -2.10. The van der Waals surface area contributed by atoms with Gasteiger partial charge in [0.05, 0.1) is 6.61 Å². The first-order valence-corrected chi connectivity index (χ1v) is 6.77. The predicted molar refractivity (Wildman–Crippen MR) is 73.3 cm³/mol. The fourth-order valence-corrected chi connectivity index (χ4v) is 1.94. The lowest BCUT2D eigenvalue weighted by molar-refractivity contribution is 0.0977. The van der Waals surface area contributed by atoms with Gasteiger partial charge in [0.15, 0.2) is 0 Å². The molecule has 3 nitrogen and oxygen atoms in total. The highest BCUT2D eigenvalue weighted by Gasteiger charge is 2.05. The molecule has 0 unspecified atom stereocenters. The van der Waals surface area contributed by atoms with E-state index in [4.69, 9.17) is 15.2 Å². The Hall–Kier alpha value is -0.580. The SMILES string of the molecule is CCCCOCCOc1cccc(Br)c1CN. The maximum Gasteiger partial charge on any atom is 0.125 e. The second-order valence-electron chi connectivity index (χ2n) is 3.74. The van der Waals surface area contributed by atoms with Gasteiger partial charge in [0.25, 0.3) is 0 Å². The van der Waals surface area contributed by atoms with Crippen LogP contribution in [0.3, 0.4) is 0 Å². The van der Waals surface area contributed by atoms with Crippen molar-refractivity contribution in [1.29, 1.82) is 0 Å². The molecule has 1 aromatic carbocycles. The van der Waals surface area contributed by atoms with E-state index in [1.54, 1.807) is 0 Å². The van der Waals surface area contributed by atoms with E-state index in [1.807, 2.05) is 18.2 Å². The number of hydrogen-bond acceptors (Lipinski definition) is 3. The van der Waals surface area contributed by atoms with Crippen molar-refractivity contribution in [2.75, 3.05) is 19.8 Å². The Balaban J connectivity index is 2.33. The molecule has 0 aliphatic rings. The number of benzene rings is 1. The number of unbranched alkanes of at least 4 members (excludes halogenated alkanes) is 1. The standard InChI is InChI=1S/C13H20BrNO2/c1-2-3-7-16-8-9-17-13-6-4-5-12(14)11(13)10-15/h4-6H,2-3,7-10,15H2,1H3. The molecule has 0 heterocycles. The molecular formula is C13H20BrNO2. The molecule has 0 fully saturated rings. The number of hydrogen-bond donors (Lipinski definition) is 1. The Bertz CT molecular complexity index is 331. The van der Waals surface area contributed by atoms with Crippen molar-refractivity contribution in [3.8, 4) is 5.75 Å². The lowest BCUT2D eigenvalue weighted by Gasteiger charge is -2.11. The van der Waals surface area contributed by atoms with Gasteiger partial charge in [-0.1, -0.05) is 35.3 Å². The van der Waals surface area contributed by atoms with Crippen molar-refractivity contribution in [3.05, 3.63) is 28.2 Å². The topological polar surface area (TPSA) is 44.5 Å². The molecule has 0 saturated carbocycles. The number of nitrogens with two attached hydrogens (primary N) is 1. The summed E-state index contributed by atoms with van der Waals surface area (Å²) in [6, 6.07) is 5.84. The van der Waals surface area contributed by atoms with Crippen LogP contribution in [0.15, 0.2) is 22.7 Å². The normalized spacial score (nSPS) is 10.5. The van der Waals surface area contributed by atoms with Crippen LogP contribution in [-0.2, 0) is 11.3 Å². The van der Waals surface area contributed by atoms with Gasteiger partial charge in [-0.15, -0.1) is 0 Å². The third kappa shape index (κ3) is 5.06. The van der Waals surface area contributed by atoms with Crippen molar-refractivity contribution in [1.82, 2.24) is 0 Å². The maximum atomic E-state index is 5.68. The van der Waals surface area contributed by atoms with E-state index < -0.39 is 0 Å². The average Bonchev–Trinajstić information content (AvgIpc) is 2.34. The zero-order valence-corrected chi connectivity index (χ0v) is 11.8. The first kappa shape index (κ1) is 14.5. The van der Waals surface area contributed by atoms with E-state index >= 15 is 0 Å². The Morgan fingerprint density at radius 1 is 1.24 bits per heavy atom. The molecule has 0 bridgehead atoms. The molecule has 0 aliphatic carbocycles. The van der Waals surface area contributed by atoms with E-state index in [9.17, 15) is 0 Å². The lowest BCUT2D eigenvalue weighted by atomic mass is 10.2. The molecule has 17 heavy (non-hydrogen) atoms. The van der Waals surface area contributed by atoms with Crippen LogP contribution < -0.4 is 10.5 Å². The van der Waals surface area contributed by atoms with Crippen LogP contribution in [0.2, 0.25) is 0 Å². The molecular weight excluding hydrogens is 282 g/mol. The second kappa shape index (κ2) is 8.50. The van der Waals surface area contributed by atoms with Crippen LogP contribution in [0, 0.1) is 0 Å². The van der Waals surface area contributed by atoms with E-state index in [2.05, 4.69) is 22.9 Å². The van der Waals surface area contributed by atoms with Gasteiger partial charge >= 0.3 is 0 Å². The van der Waals surface area contributed by atoms with E-state index in [-0.39, 0.29) is 0 Å². The molecule has 4 heteroatoms. The molecule has 1 rings (SSSR count). The monoisotopic (exact) mass is 301 g/mol. The third-order valence-corrected chi connectivity index (χ3v) is 3.15. The van der Waals surface area contributed by atoms with Crippen molar-refractivity contribution in [3.63, 3.8) is 0 Å². The van der Waals surface area contributed by atoms with Crippen molar-refractivity contribution >= 4 is 15.9 Å². The molecule has 96 valence electrons. The quantitative estimate of drug-likeness (QED) is 0.750. The van der Waals surface area contributed by atoms with Crippen LogP contribution in [0.4, 0.5) is 0 Å². The van der Waals surface area contributed by atoms with Crippen LogP contribution in [0.5, 0.6) is 5.75 Å². The minimum Gasteiger partial charge on any atom is -0.491 e. The highest BCUT2D eigenvalue weighted by atomic mass is 79.9. The first-order chi connectivity index (χ1) is 8.29. The molecule has 0 saturated heterocycles. The summed E-state index contributed by atoms with van der Waals surface area (Å²) in [7, 11) is 0. The molecule has 1 aromatic rings. The van der Waals surface area contributed by atoms with Gasteiger partial charge in [0, 0.05) is 23.2 Å². The predicted octanol–water partition coefficient (Wildman–Crippen LogP) is 3.10. The summed E-state index contributed by atoms with van der Waals surface area (Å²) in [5.74, 6) is 0.834. The summed E-state index contributed by atoms with van der Waals surface area (Å²) in [6.07, 6.45) is 2.26. The zero-order chi connectivity index (χ0) is 12.5. The Morgan fingerprint density at radius 2 is 2.06 bits per heavy atom. The average molecular weight is 302 g/mol. The van der Waals surface area contributed by atoms with Crippen LogP contribution in [0.25, 0.3) is 0 Å². The second-order valence-corrected chi connectivity index (χ2v) is 4.59. The molecule has 0 aliphatic heterocycles. The molecule has 0 aromatic heterocycles. The van der Waals surface area contributed by atoms with Gasteiger partial charge in [-0.2, -0.15) is 0 Å². The highest BCUT2D eigenvalue weighted by molar-refractivity contribution is 9.10. The van der Waals surface area contributed by atoms with Gasteiger partial charge in [-0.25, -0.2) is 0 Å². The number of halogens is 1. The van der Waals surface area contributed by atoms with Gasteiger partial charge in [-0.05, 0) is 18.6 Å². The minimum absolute atomic E-state index is 0.466. The van der Waals surface area contributed by atoms with Crippen molar-refractivity contribution in [2.24, 2.45) is 5.73 Å². The number of ether oxygens (including phenoxy) is 2. The minimum atomic E-state index is 0.466. The fourth-order valence-electron chi connectivity index (χ4n) is 1.43. The largest absolute Gasteiger partial charge is 0.491 e. The molecule has 2 N–H and O–H groups in total. The summed E-state index contributed by atoms with van der Waals surface area (Å²) >= 11 is 3.46.